The van der Waals surface area contributed by atoms with E-state index in [-0.39, 0.29) is 12.3 Å². The lowest BCUT2D eigenvalue weighted by molar-refractivity contribution is -0.115. The van der Waals surface area contributed by atoms with Crippen LogP contribution in [0.5, 0.6) is 0 Å². The molecule has 0 radical (unpaired) electrons. The number of carbonyl (C=O) groups excluding carboxylic acids is 1. The third-order valence-electron chi connectivity index (χ3n) is 2.48. The summed E-state index contributed by atoms with van der Waals surface area (Å²) in [5, 5.41) is 7.93. The molecule has 3 heterocycles. The van der Waals surface area contributed by atoms with E-state index in [1.165, 1.54) is 22.7 Å². The monoisotopic (exact) mass is 302 g/mol. The number of pyridine rings is 1. The number of carbonyl (C=O) groups is 1. The summed E-state index contributed by atoms with van der Waals surface area (Å²) < 4.78 is 0. The predicted octanol–water partition coefficient (Wildman–Crippen LogP) is 2.84. The smallest absolute Gasteiger partial charge is 0.232 e. The Balaban J connectivity index is 1.67. The highest BCUT2D eigenvalue weighted by Crippen LogP contribution is 2.23. The van der Waals surface area contributed by atoms with E-state index < -0.39 is 0 Å². The van der Waals surface area contributed by atoms with Crippen LogP contribution in [0.15, 0.2) is 41.5 Å². The summed E-state index contributed by atoms with van der Waals surface area (Å²) in [5.74, 6) is -0.108. The molecule has 0 fully saturated rings. The number of thiazole rings is 2. The van der Waals surface area contributed by atoms with Gasteiger partial charge in [-0.05, 0) is 12.1 Å². The Morgan fingerprint density at radius 2 is 2.25 bits per heavy atom. The standard InChI is InChI=1S/C13H10N4OS2/c18-11(17-13-15-4-5-19-13)6-10-8-20-12(16-10)9-2-1-3-14-7-9/h1-5,7-8H,6H2,(H,15,17,18). The predicted molar refractivity (Wildman–Crippen MR) is 79.8 cm³/mol. The fourth-order valence-corrected chi connectivity index (χ4v) is 2.98. The third kappa shape index (κ3) is 3.06. The second-order valence-electron chi connectivity index (χ2n) is 3.95. The van der Waals surface area contributed by atoms with E-state index in [1.807, 2.05) is 22.9 Å². The van der Waals surface area contributed by atoms with Gasteiger partial charge in [-0.1, -0.05) is 0 Å². The molecular weight excluding hydrogens is 292 g/mol. The second kappa shape index (κ2) is 5.89. The number of rotatable bonds is 4. The Labute approximate surface area is 123 Å². The van der Waals surface area contributed by atoms with Gasteiger partial charge < -0.3 is 5.32 Å². The highest BCUT2D eigenvalue weighted by molar-refractivity contribution is 7.13. The van der Waals surface area contributed by atoms with Crippen LogP contribution in [-0.4, -0.2) is 20.9 Å². The topological polar surface area (TPSA) is 67.8 Å². The molecule has 0 saturated heterocycles. The summed E-state index contributed by atoms with van der Waals surface area (Å²) in [6.07, 6.45) is 5.39. The van der Waals surface area contributed by atoms with Gasteiger partial charge in [-0.15, -0.1) is 22.7 Å². The first kappa shape index (κ1) is 12.9. The molecule has 7 heteroatoms. The Hall–Kier alpha value is -2.12. The Morgan fingerprint density at radius 3 is 3.00 bits per heavy atom. The summed E-state index contributed by atoms with van der Waals surface area (Å²) >= 11 is 2.90. The van der Waals surface area contributed by atoms with E-state index in [4.69, 9.17) is 0 Å². The summed E-state index contributed by atoms with van der Waals surface area (Å²) in [7, 11) is 0. The number of nitrogens with one attached hydrogen (secondary N) is 1. The molecule has 0 bridgehead atoms. The van der Waals surface area contributed by atoms with E-state index in [0.29, 0.717) is 5.13 Å². The van der Waals surface area contributed by atoms with Crippen molar-refractivity contribution in [3.05, 3.63) is 47.2 Å². The maximum atomic E-state index is 11.8. The molecule has 3 aromatic heterocycles. The Bertz CT molecular complexity index is 694. The number of amides is 1. The summed E-state index contributed by atoms with van der Waals surface area (Å²) in [6.45, 7) is 0. The van der Waals surface area contributed by atoms with E-state index in [0.717, 1.165) is 16.3 Å². The first-order valence-electron chi connectivity index (χ1n) is 5.85. The van der Waals surface area contributed by atoms with Crippen molar-refractivity contribution in [3.8, 4) is 10.6 Å². The average molecular weight is 302 g/mol. The minimum atomic E-state index is -0.108. The lowest BCUT2D eigenvalue weighted by Gasteiger charge is -1.98. The minimum absolute atomic E-state index is 0.108. The maximum Gasteiger partial charge on any atom is 0.232 e. The van der Waals surface area contributed by atoms with Crippen molar-refractivity contribution in [1.82, 2.24) is 15.0 Å². The molecule has 0 unspecified atom stereocenters. The molecule has 0 spiro atoms. The third-order valence-corrected chi connectivity index (χ3v) is 4.11. The van der Waals surface area contributed by atoms with Crippen molar-refractivity contribution >= 4 is 33.7 Å². The molecule has 0 aliphatic carbocycles. The van der Waals surface area contributed by atoms with Crippen LogP contribution in [0.25, 0.3) is 10.6 Å². The van der Waals surface area contributed by atoms with Crippen molar-refractivity contribution < 1.29 is 4.79 Å². The zero-order valence-electron chi connectivity index (χ0n) is 10.3. The van der Waals surface area contributed by atoms with Crippen molar-refractivity contribution in [3.63, 3.8) is 0 Å². The largest absolute Gasteiger partial charge is 0.302 e. The molecule has 1 amide bonds. The second-order valence-corrected chi connectivity index (χ2v) is 5.70. The number of anilines is 1. The summed E-state index contributed by atoms with van der Waals surface area (Å²) in [4.78, 5) is 24.4. The molecule has 3 rings (SSSR count). The van der Waals surface area contributed by atoms with E-state index in [9.17, 15) is 4.79 Å². The molecule has 0 aromatic carbocycles. The number of hydrogen-bond donors (Lipinski definition) is 1. The molecule has 1 N–H and O–H groups in total. The van der Waals surface area contributed by atoms with Gasteiger partial charge in [0.1, 0.15) is 5.01 Å². The Kier molecular flexibility index (Phi) is 3.80. The molecule has 5 nitrogen and oxygen atoms in total. The van der Waals surface area contributed by atoms with E-state index >= 15 is 0 Å². The molecule has 3 aromatic rings. The normalized spacial score (nSPS) is 10.4. The van der Waals surface area contributed by atoms with Crippen LogP contribution in [0.2, 0.25) is 0 Å². The number of aromatic nitrogens is 3. The van der Waals surface area contributed by atoms with Crippen molar-refractivity contribution in [2.24, 2.45) is 0 Å². The van der Waals surface area contributed by atoms with Gasteiger partial charge in [0.2, 0.25) is 5.91 Å². The quantitative estimate of drug-likeness (QED) is 0.804. The highest BCUT2D eigenvalue weighted by atomic mass is 32.1. The molecule has 0 aliphatic rings. The lowest BCUT2D eigenvalue weighted by atomic mass is 10.3. The molecular formula is C13H10N4OS2. The van der Waals surface area contributed by atoms with Crippen molar-refractivity contribution in [2.75, 3.05) is 5.32 Å². The zero-order valence-corrected chi connectivity index (χ0v) is 11.9. The van der Waals surface area contributed by atoms with E-state index in [2.05, 4.69) is 20.3 Å². The summed E-state index contributed by atoms with van der Waals surface area (Å²) in [5.41, 5.74) is 1.71. The van der Waals surface area contributed by atoms with Gasteiger partial charge in [-0.3, -0.25) is 9.78 Å². The molecule has 0 atom stereocenters. The van der Waals surface area contributed by atoms with Gasteiger partial charge in [0.15, 0.2) is 5.13 Å². The van der Waals surface area contributed by atoms with Crippen LogP contribution < -0.4 is 5.32 Å². The molecule has 0 aliphatic heterocycles. The van der Waals surface area contributed by atoms with Gasteiger partial charge in [0.25, 0.3) is 0 Å². The molecule has 100 valence electrons. The minimum Gasteiger partial charge on any atom is -0.302 e. The fraction of sp³-hybridized carbons (Fsp3) is 0.0769. The van der Waals surface area contributed by atoms with Crippen LogP contribution in [0, 0.1) is 0 Å². The number of hydrogen-bond acceptors (Lipinski definition) is 6. The lowest BCUT2D eigenvalue weighted by Crippen LogP contribution is -2.14. The number of nitrogens with zero attached hydrogens (tertiary/aromatic N) is 3. The van der Waals surface area contributed by atoms with Crippen molar-refractivity contribution in [2.45, 2.75) is 6.42 Å². The average Bonchev–Trinajstić information content (AvgIpc) is 3.11. The van der Waals surface area contributed by atoms with Crippen LogP contribution in [0.4, 0.5) is 5.13 Å². The first-order valence-corrected chi connectivity index (χ1v) is 7.61. The van der Waals surface area contributed by atoms with Gasteiger partial charge in [-0.2, -0.15) is 0 Å². The Morgan fingerprint density at radius 1 is 1.30 bits per heavy atom. The van der Waals surface area contributed by atoms with E-state index in [1.54, 1.807) is 18.6 Å². The van der Waals surface area contributed by atoms with Gasteiger partial charge in [0, 0.05) is 34.9 Å². The maximum absolute atomic E-state index is 11.8. The van der Waals surface area contributed by atoms with Crippen molar-refractivity contribution in [1.29, 1.82) is 0 Å². The highest BCUT2D eigenvalue weighted by Gasteiger charge is 2.10. The first-order chi connectivity index (χ1) is 9.81. The molecule has 20 heavy (non-hydrogen) atoms. The van der Waals surface area contributed by atoms with Crippen LogP contribution >= 0.6 is 22.7 Å². The summed E-state index contributed by atoms with van der Waals surface area (Å²) in [6, 6.07) is 3.82. The van der Waals surface area contributed by atoms with Gasteiger partial charge in [-0.25, -0.2) is 9.97 Å². The van der Waals surface area contributed by atoms with Gasteiger partial charge >= 0.3 is 0 Å². The fourth-order valence-electron chi connectivity index (χ4n) is 1.62. The van der Waals surface area contributed by atoms with Gasteiger partial charge in [0.05, 0.1) is 12.1 Å². The molecule has 0 saturated carbocycles. The van der Waals surface area contributed by atoms with Crippen LogP contribution in [0.1, 0.15) is 5.69 Å². The SMILES string of the molecule is O=C(Cc1csc(-c2cccnc2)n1)Nc1nccs1. The zero-order chi connectivity index (χ0) is 13.8. The van der Waals surface area contributed by atoms with Crippen LogP contribution in [-0.2, 0) is 11.2 Å². The van der Waals surface area contributed by atoms with Crippen LogP contribution in [0.3, 0.4) is 0 Å².